The second-order valence-corrected chi connectivity index (χ2v) is 5.69. The molecule has 1 aromatic carbocycles. The van der Waals surface area contributed by atoms with E-state index >= 15 is 0 Å². The van der Waals surface area contributed by atoms with Crippen LogP contribution in [0.1, 0.15) is 24.2 Å². The Morgan fingerprint density at radius 1 is 1.53 bits per heavy atom. The lowest BCUT2D eigenvalue weighted by atomic mass is 10.1. The van der Waals surface area contributed by atoms with Gasteiger partial charge in [-0.15, -0.1) is 11.8 Å². The predicted octanol–water partition coefficient (Wildman–Crippen LogP) is 1.78. The minimum Gasteiger partial charge on any atom is -0.350 e. The maximum Gasteiger partial charge on any atom is 0.282 e. The molecule has 0 radical (unpaired) electrons. The molecule has 0 saturated heterocycles. The molecule has 1 amide bonds. The van der Waals surface area contributed by atoms with Gasteiger partial charge >= 0.3 is 0 Å². The smallest absolute Gasteiger partial charge is 0.282 e. The summed E-state index contributed by atoms with van der Waals surface area (Å²) in [7, 11) is 0. The molecule has 19 heavy (non-hydrogen) atoms. The summed E-state index contributed by atoms with van der Waals surface area (Å²) >= 11 is 1.42. The van der Waals surface area contributed by atoms with Gasteiger partial charge in [-0.25, -0.2) is 0 Å². The Balaban J connectivity index is 3.02. The number of hydrogen-bond acceptors (Lipinski definition) is 5. The fourth-order valence-corrected chi connectivity index (χ4v) is 1.83. The van der Waals surface area contributed by atoms with Gasteiger partial charge in [-0.1, -0.05) is 0 Å². The summed E-state index contributed by atoms with van der Waals surface area (Å²) in [6.07, 6.45) is 1.84. The number of nitrogens with two attached hydrogens (primary N) is 1. The van der Waals surface area contributed by atoms with Crippen molar-refractivity contribution in [1.29, 1.82) is 0 Å². The average Bonchev–Trinajstić information content (AvgIpc) is 2.34. The second kappa shape index (κ2) is 6.03. The molecule has 0 bridgehead atoms. The van der Waals surface area contributed by atoms with Crippen molar-refractivity contribution >= 4 is 23.4 Å². The van der Waals surface area contributed by atoms with E-state index in [2.05, 4.69) is 5.32 Å². The number of rotatable bonds is 5. The first-order chi connectivity index (χ1) is 8.74. The molecule has 6 nitrogen and oxygen atoms in total. The summed E-state index contributed by atoms with van der Waals surface area (Å²) in [5, 5.41) is 13.5. The number of carbonyl (C=O) groups is 1. The summed E-state index contributed by atoms with van der Waals surface area (Å²) in [5.41, 5.74) is 5.05. The average molecular weight is 283 g/mol. The van der Waals surface area contributed by atoms with Gasteiger partial charge < -0.3 is 11.1 Å². The van der Waals surface area contributed by atoms with Crippen molar-refractivity contribution in [2.24, 2.45) is 5.73 Å². The highest BCUT2D eigenvalue weighted by Gasteiger charge is 2.22. The summed E-state index contributed by atoms with van der Waals surface area (Å²) in [6.45, 7) is 3.77. The number of amides is 1. The SMILES string of the molecule is CSc1ccc([N+](=O)[O-])c(C(=O)NCC(C)(C)N)c1. The number of nitrogens with one attached hydrogen (secondary N) is 1. The Kier molecular flexibility index (Phi) is 4.90. The van der Waals surface area contributed by atoms with Crippen LogP contribution in [0.3, 0.4) is 0 Å². The van der Waals surface area contributed by atoms with Crippen LogP contribution in [-0.4, -0.2) is 29.2 Å². The third kappa shape index (κ3) is 4.53. The molecule has 7 heteroatoms. The Morgan fingerprint density at radius 2 is 2.16 bits per heavy atom. The van der Waals surface area contributed by atoms with Crippen molar-refractivity contribution in [2.75, 3.05) is 12.8 Å². The third-order valence-electron chi connectivity index (χ3n) is 2.35. The number of benzene rings is 1. The molecule has 0 fully saturated rings. The van der Waals surface area contributed by atoms with E-state index in [0.717, 1.165) is 4.90 Å². The molecule has 0 aromatic heterocycles. The largest absolute Gasteiger partial charge is 0.350 e. The lowest BCUT2D eigenvalue weighted by Gasteiger charge is -2.18. The van der Waals surface area contributed by atoms with E-state index in [-0.39, 0.29) is 17.8 Å². The Hall–Kier alpha value is -1.60. The standard InChI is InChI=1S/C12H17N3O3S/c1-12(2,13)7-14-11(16)9-6-8(19-3)4-5-10(9)15(17)18/h4-6H,7,13H2,1-3H3,(H,14,16). The monoisotopic (exact) mass is 283 g/mol. The Bertz CT molecular complexity index is 497. The molecule has 0 atom stereocenters. The van der Waals surface area contributed by atoms with Crippen LogP contribution in [0.5, 0.6) is 0 Å². The topological polar surface area (TPSA) is 98.3 Å². The van der Waals surface area contributed by atoms with Crippen molar-refractivity contribution in [3.8, 4) is 0 Å². The van der Waals surface area contributed by atoms with Crippen LogP contribution < -0.4 is 11.1 Å². The van der Waals surface area contributed by atoms with Gasteiger partial charge in [-0.3, -0.25) is 14.9 Å². The van der Waals surface area contributed by atoms with Crippen LogP contribution in [0.25, 0.3) is 0 Å². The Morgan fingerprint density at radius 3 is 2.63 bits per heavy atom. The number of hydrogen-bond donors (Lipinski definition) is 2. The van der Waals surface area contributed by atoms with E-state index in [1.165, 1.54) is 23.9 Å². The molecular weight excluding hydrogens is 266 g/mol. The molecule has 0 aliphatic rings. The highest BCUT2D eigenvalue weighted by Crippen LogP contribution is 2.24. The van der Waals surface area contributed by atoms with Crippen molar-refractivity contribution in [2.45, 2.75) is 24.3 Å². The van der Waals surface area contributed by atoms with Gasteiger partial charge in [0.05, 0.1) is 4.92 Å². The summed E-state index contributed by atoms with van der Waals surface area (Å²) in [5.74, 6) is -0.485. The zero-order valence-corrected chi connectivity index (χ0v) is 11.9. The van der Waals surface area contributed by atoms with Gasteiger partial charge in [-0.2, -0.15) is 0 Å². The normalized spacial score (nSPS) is 11.2. The summed E-state index contributed by atoms with van der Waals surface area (Å²) < 4.78 is 0. The van der Waals surface area contributed by atoms with Crippen LogP contribution >= 0.6 is 11.8 Å². The molecular formula is C12H17N3O3S. The first kappa shape index (κ1) is 15.5. The Labute approximate surface area is 115 Å². The molecule has 1 aromatic rings. The van der Waals surface area contributed by atoms with Crippen LogP contribution in [0.15, 0.2) is 23.1 Å². The highest BCUT2D eigenvalue weighted by atomic mass is 32.2. The third-order valence-corrected chi connectivity index (χ3v) is 3.07. The van der Waals surface area contributed by atoms with E-state index in [1.807, 2.05) is 6.26 Å². The highest BCUT2D eigenvalue weighted by molar-refractivity contribution is 7.98. The maximum atomic E-state index is 12.0. The van der Waals surface area contributed by atoms with Crippen molar-refractivity contribution < 1.29 is 9.72 Å². The lowest BCUT2D eigenvalue weighted by Crippen LogP contribution is -2.45. The minimum atomic E-state index is -0.568. The summed E-state index contributed by atoms with van der Waals surface area (Å²) in [6, 6.07) is 4.47. The molecule has 0 unspecified atom stereocenters. The molecule has 3 N–H and O–H groups in total. The number of carbonyl (C=O) groups excluding carboxylic acids is 1. The fraction of sp³-hybridized carbons (Fsp3) is 0.417. The van der Waals surface area contributed by atoms with Crippen molar-refractivity contribution in [3.05, 3.63) is 33.9 Å². The van der Waals surface area contributed by atoms with E-state index in [4.69, 9.17) is 5.73 Å². The van der Waals surface area contributed by atoms with Gasteiger partial charge in [0.1, 0.15) is 5.56 Å². The van der Waals surface area contributed by atoms with E-state index in [0.29, 0.717) is 0 Å². The van der Waals surface area contributed by atoms with Crippen molar-refractivity contribution in [1.82, 2.24) is 5.32 Å². The lowest BCUT2D eigenvalue weighted by molar-refractivity contribution is -0.385. The van der Waals surface area contributed by atoms with Crippen LogP contribution in [-0.2, 0) is 0 Å². The molecule has 104 valence electrons. The van der Waals surface area contributed by atoms with E-state index < -0.39 is 16.4 Å². The number of thioether (sulfide) groups is 1. The van der Waals surface area contributed by atoms with Gasteiger partial charge in [0, 0.05) is 23.0 Å². The zero-order valence-electron chi connectivity index (χ0n) is 11.1. The van der Waals surface area contributed by atoms with Crippen LogP contribution in [0.2, 0.25) is 0 Å². The molecule has 0 aliphatic heterocycles. The van der Waals surface area contributed by atoms with Crippen molar-refractivity contribution in [3.63, 3.8) is 0 Å². The van der Waals surface area contributed by atoms with Gasteiger partial charge in [0.2, 0.25) is 0 Å². The predicted molar refractivity (Wildman–Crippen MR) is 75.5 cm³/mol. The number of nitro groups is 1. The molecule has 1 rings (SSSR count). The van der Waals surface area contributed by atoms with E-state index in [1.54, 1.807) is 19.9 Å². The molecule has 0 spiro atoms. The summed E-state index contributed by atoms with van der Waals surface area (Å²) in [4.78, 5) is 23.2. The van der Waals surface area contributed by atoms with Crippen LogP contribution in [0, 0.1) is 10.1 Å². The molecule has 0 aliphatic carbocycles. The van der Waals surface area contributed by atoms with Gasteiger partial charge in [0.15, 0.2) is 0 Å². The van der Waals surface area contributed by atoms with E-state index in [9.17, 15) is 14.9 Å². The first-order valence-corrected chi connectivity index (χ1v) is 6.86. The van der Waals surface area contributed by atoms with Crippen LogP contribution in [0.4, 0.5) is 5.69 Å². The minimum absolute atomic E-state index is 0.0566. The second-order valence-electron chi connectivity index (χ2n) is 4.81. The quantitative estimate of drug-likeness (QED) is 0.487. The maximum absolute atomic E-state index is 12.0. The molecule has 0 heterocycles. The van der Waals surface area contributed by atoms with Gasteiger partial charge in [-0.05, 0) is 32.2 Å². The fourth-order valence-electron chi connectivity index (χ4n) is 1.39. The first-order valence-electron chi connectivity index (χ1n) is 5.64. The number of nitro benzene ring substituents is 1. The molecule has 0 saturated carbocycles. The number of nitrogens with zero attached hydrogens (tertiary/aromatic N) is 1. The zero-order chi connectivity index (χ0) is 14.6. The van der Waals surface area contributed by atoms with Gasteiger partial charge in [0.25, 0.3) is 11.6 Å².